The molecule has 1 aliphatic rings. The minimum absolute atomic E-state index is 0.409. The van der Waals surface area contributed by atoms with Crippen molar-refractivity contribution >= 4 is 34.2 Å². The highest BCUT2D eigenvalue weighted by atomic mass is 32.1. The van der Waals surface area contributed by atoms with E-state index in [0.717, 1.165) is 60.9 Å². The number of anilines is 3. The average molecular weight is 453 g/mol. The molecule has 172 valence electrons. The standard InChI is InChI=1S/C25H36N6S/c1-6-8-21(9-7-2)30-19(5)25-27-15-24(28-16-26-17-32-25)31-13-12-20-14-22(29-18(3)4)10-11-23(20)31/h10-11,14-18,21,29-30H,5-9,12-13H2,1-4H3. The van der Waals surface area contributed by atoms with Crippen LogP contribution in [0.2, 0.25) is 0 Å². The number of nitrogens with zero attached hydrogens (tertiary/aromatic N) is 4. The predicted molar refractivity (Wildman–Crippen MR) is 137 cm³/mol. The summed E-state index contributed by atoms with van der Waals surface area (Å²) in [6.07, 6.45) is 8.96. The monoisotopic (exact) mass is 452 g/mol. The second-order valence-electron chi connectivity index (χ2n) is 8.48. The summed E-state index contributed by atoms with van der Waals surface area (Å²) in [7, 11) is 0. The summed E-state index contributed by atoms with van der Waals surface area (Å²) < 4.78 is 0. The fraction of sp³-hybridized carbons (Fsp3) is 0.480. The lowest BCUT2D eigenvalue weighted by Gasteiger charge is -2.19. The summed E-state index contributed by atoms with van der Waals surface area (Å²) >= 11 is 1.47. The first kappa shape index (κ1) is 24.0. The molecule has 0 saturated heterocycles. The van der Waals surface area contributed by atoms with Crippen molar-refractivity contribution in [1.29, 1.82) is 0 Å². The molecule has 0 aliphatic carbocycles. The van der Waals surface area contributed by atoms with Gasteiger partial charge in [0.05, 0.1) is 17.4 Å². The summed E-state index contributed by atoms with van der Waals surface area (Å²) in [5.41, 5.74) is 6.27. The molecule has 3 rings (SSSR count). The van der Waals surface area contributed by atoms with Crippen molar-refractivity contribution in [2.24, 2.45) is 0 Å². The van der Waals surface area contributed by atoms with Crippen molar-refractivity contribution in [1.82, 2.24) is 20.3 Å². The van der Waals surface area contributed by atoms with E-state index < -0.39 is 0 Å². The van der Waals surface area contributed by atoms with Crippen molar-refractivity contribution in [3.63, 3.8) is 0 Å². The van der Waals surface area contributed by atoms with Crippen molar-refractivity contribution in [3.8, 4) is 0 Å². The molecular weight excluding hydrogens is 416 g/mol. The lowest BCUT2D eigenvalue weighted by atomic mass is 10.1. The molecule has 0 atom stereocenters. The molecule has 2 aromatic rings. The van der Waals surface area contributed by atoms with E-state index in [4.69, 9.17) is 4.98 Å². The molecule has 7 heteroatoms. The molecule has 1 aromatic heterocycles. The summed E-state index contributed by atoms with van der Waals surface area (Å²) in [6, 6.07) is 7.37. The molecule has 0 spiro atoms. The quantitative estimate of drug-likeness (QED) is 0.454. The minimum atomic E-state index is 0.409. The number of nitrogens with one attached hydrogen (secondary N) is 2. The van der Waals surface area contributed by atoms with E-state index in [9.17, 15) is 0 Å². The van der Waals surface area contributed by atoms with Crippen LogP contribution in [-0.4, -0.2) is 33.6 Å². The maximum absolute atomic E-state index is 4.77. The van der Waals surface area contributed by atoms with Gasteiger partial charge in [-0.1, -0.05) is 33.3 Å². The third kappa shape index (κ3) is 6.42. The highest BCUT2D eigenvalue weighted by molar-refractivity contribution is 7.10. The van der Waals surface area contributed by atoms with Crippen LogP contribution in [0.25, 0.3) is 5.70 Å². The van der Waals surface area contributed by atoms with Gasteiger partial charge < -0.3 is 15.5 Å². The topological polar surface area (TPSA) is 66.0 Å². The van der Waals surface area contributed by atoms with E-state index >= 15 is 0 Å². The van der Waals surface area contributed by atoms with Crippen LogP contribution < -0.4 is 15.5 Å². The van der Waals surface area contributed by atoms with E-state index in [1.807, 2.05) is 6.20 Å². The molecule has 2 N–H and O–H groups in total. The Morgan fingerprint density at radius 3 is 2.69 bits per heavy atom. The number of benzene rings is 1. The largest absolute Gasteiger partial charge is 0.383 e. The van der Waals surface area contributed by atoms with Crippen LogP contribution in [0.5, 0.6) is 0 Å². The molecule has 0 unspecified atom stereocenters. The Morgan fingerprint density at radius 2 is 1.97 bits per heavy atom. The fourth-order valence-corrected chi connectivity index (χ4v) is 4.56. The van der Waals surface area contributed by atoms with Crippen molar-refractivity contribution in [2.75, 3.05) is 16.8 Å². The maximum Gasteiger partial charge on any atom is 0.153 e. The summed E-state index contributed by atoms with van der Waals surface area (Å²) in [6.45, 7) is 13.9. The van der Waals surface area contributed by atoms with Crippen LogP contribution in [0.3, 0.4) is 0 Å². The third-order valence-electron chi connectivity index (χ3n) is 5.40. The van der Waals surface area contributed by atoms with Crippen LogP contribution in [0.4, 0.5) is 17.2 Å². The van der Waals surface area contributed by atoms with Gasteiger partial charge >= 0.3 is 0 Å². The first-order chi connectivity index (χ1) is 15.5. The smallest absolute Gasteiger partial charge is 0.153 e. The average Bonchev–Trinajstić information content (AvgIpc) is 3.20. The molecule has 2 heterocycles. The predicted octanol–water partition coefficient (Wildman–Crippen LogP) is 6.10. The van der Waals surface area contributed by atoms with Gasteiger partial charge in [-0.15, -0.1) is 11.3 Å². The summed E-state index contributed by atoms with van der Waals surface area (Å²) in [4.78, 5) is 15.9. The number of aromatic nitrogens is 3. The molecule has 0 amide bonds. The van der Waals surface area contributed by atoms with Crippen molar-refractivity contribution in [3.05, 3.63) is 53.4 Å². The van der Waals surface area contributed by atoms with Gasteiger partial charge in [-0.25, -0.2) is 15.0 Å². The van der Waals surface area contributed by atoms with Gasteiger partial charge in [0.2, 0.25) is 0 Å². The normalized spacial score (nSPS) is 12.6. The molecule has 1 aromatic carbocycles. The van der Waals surface area contributed by atoms with Gasteiger partial charge in [-0.2, -0.15) is 0 Å². The molecular formula is C25H36N6S. The van der Waals surface area contributed by atoms with Crippen LogP contribution >= 0.6 is 11.3 Å². The molecule has 0 bridgehead atoms. The lowest BCUT2D eigenvalue weighted by molar-refractivity contribution is 0.502. The van der Waals surface area contributed by atoms with Crippen LogP contribution in [0.1, 0.15) is 63.9 Å². The Hall–Kier alpha value is -2.67. The number of fused-ring (bicyclic) bond motifs is 1. The Kier molecular flexibility index (Phi) is 8.85. The lowest BCUT2D eigenvalue weighted by Crippen LogP contribution is -2.27. The number of hydrogen-bond donors (Lipinski definition) is 2. The molecule has 32 heavy (non-hydrogen) atoms. The van der Waals surface area contributed by atoms with Gasteiger partial charge in [0.15, 0.2) is 5.82 Å². The molecule has 0 fully saturated rings. The highest BCUT2D eigenvalue weighted by Gasteiger charge is 2.21. The molecule has 0 radical (unpaired) electrons. The zero-order valence-corrected chi connectivity index (χ0v) is 20.6. The van der Waals surface area contributed by atoms with E-state index in [-0.39, 0.29) is 0 Å². The fourth-order valence-electron chi connectivity index (χ4n) is 4.03. The summed E-state index contributed by atoms with van der Waals surface area (Å²) in [5.74, 6) is 0.789. The zero-order chi connectivity index (χ0) is 22.9. The zero-order valence-electron chi connectivity index (χ0n) is 19.8. The van der Waals surface area contributed by atoms with E-state index in [0.29, 0.717) is 12.1 Å². The van der Waals surface area contributed by atoms with E-state index in [1.165, 1.54) is 22.6 Å². The first-order valence-corrected chi connectivity index (χ1v) is 12.5. The van der Waals surface area contributed by atoms with Gasteiger partial charge in [0.1, 0.15) is 11.3 Å². The van der Waals surface area contributed by atoms with Gasteiger partial charge in [0.25, 0.3) is 0 Å². The molecule has 1 aliphatic heterocycles. The first-order valence-electron chi connectivity index (χ1n) is 11.6. The van der Waals surface area contributed by atoms with E-state index in [1.54, 1.807) is 11.8 Å². The van der Waals surface area contributed by atoms with Crippen LogP contribution in [0.15, 0.2) is 42.8 Å². The van der Waals surface area contributed by atoms with Crippen molar-refractivity contribution < 1.29 is 0 Å². The number of rotatable bonds is 10. The molecule has 0 saturated carbocycles. The Morgan fingerprint density at radius 1 is 1.19 bits per heavy atom. The van der Waals surface area contributed by atoms with Gasteiger partial charge in [0, 0.05) is 30.0 Å². The number of hydrogen-bond acceptors (Lipinski definition) is 7. The Labute approximate surface area is 196 Å². The van der Waals surface area contributed by atoms with E-state index in [2.05, 4.69) is 78.0 Å². The Bertz CT molecular complexity index is 947. The van der Waals surface area contributed by atoms with Crippen LogP contribution in [-0.2, 0) is 6.42 Å². The van der Waals surface area contributed by atoms with Gasteiger partial charge in [-0.05, 0) is 56.9 Å². The SMILES string of the molecule is C=C(NC(CCC)CCC)c1ncc(N2CCc3cc(NC(C)C)ccc32)ncncs1. The van der Waals surface area contributed by atoms with Gasteiger partial charge in [-0.3, -0.25) is 0 Å². The highest BCUT2D eigenvalue weighted by Crippen LogP contribution is 2.34. The van der Waals surface area contributed by atoms with Crippen LogP contribution in [0, 0.1) is 0 Å². The minimum Gasteiger partial charge on any atom is -0.383 e. The summed E-state index contributed by atoms with van der Waals surface area (Å²) in [5, 5.41) is 7.89. The second kappa shape index (κ2) is 11.8. The maximum atomic E-state index is 4.77. The Balaban J connectivity index is 1.85. The van der Waals surface area contributed by atoms with Crippen molar-refractivity contribution in [2.45, 2.75) is 71.9 Å². The molecule has 6 nitrogen and oxygen atoms in total. The second-order valence-corrected chi connectivity index (χ2v) is 9.31. The third-order valence-corrected chi connectivity index (χ3v) is 6.20.